The fraction of sp³-hybridized carbons (Fsp3) is 0.500. The summed E-state index contributed by atoms with van der Waals surface area (Å²) in [5, 5.41) is 0. The van der Waals surface area contributed by atoms with Gasteiger partial charge in [0.15, 0.2) is 0 Å². The molecule has 1 N–H and O–H groups in total. The predicted molar refractivity (Wildman–Crippen MR) is 64.3 cm³/mol. The van der Waals surface area contributed by atoms with E-state index in [1.165, 1.54) is 5.69 Å². The number of rotatable bonds is 6. The number of benzene rings is 1. The van der Waals surface area contributed by atoms with Crippen molar-refractivity contribution in [3.63, 3.8) is 0 Å². The Hall–Kier alpha value is -1.22. The Morgan fingerprint density at radius 2 is 1.93 bits per heavy atom. The molecule has 0 aliphatic carbocycles. The zero-order valence-corrected chi connectivity index (χ0v) is 9.79. The lowest BCUT2D eigenvalue weighted by Crippen LogP contribution is -2.22. The predicted octanol–water partition coefficient (Wildman–Crippen LogP) is 2.44. The average Bonchev–Trinajstić information content (AvgIpc) is 2.29. The Kier molecular flexibility index (Phi) is 4.98. The molecule has 0 radical (unpaired) electrons. The van der Waals surface area contributed by atoms with Gasteiger partial charge in [-0.05, 0) is 32.9 Å². The summed E-state index contributed by atoms with van der Waals surface area (Å²) in [5.74, 6) is 0.862. The summed E-state index contributed by atoms with van der Waals surface area (Å²) in [6.45, 7) is 9.15. The Labute approximate surface area is 92.0 Å². The van der Waals surface area contributed by atoms with E-state index in [1.54, 1.807) is 0 Å². The van der Waals surface area contributed by atoms with E-state index in [-0.39, 0.29) is 0 Å². The van der Waals surface area contributed by atoms with Gasteiger partial charge in [-0.15, -0.1) is 0 Å². The van der Waals surface area contributed by atoms with Crippen molar-refractivity contribution >= 4 is 5.69 Å². The summed E-state index contributed by atoms with van der Waals surface area (Å²) in [7, 11) is 0. The minimum atomic E-state index is 0.801. The van der Waals surface area contributed by atoms with Gasteiger partial charge in [0.05, 0.1) is 0 Å². The highest BCUT2D eigenvalue weighted by Gasteiger charge is 2.02. The van der Waals surface area contributed by atoms with E-state index in [1.807, 2.05) is 19.1 Å². The Morgan fingerprint density at radius 1 is 1.20 bits per heavy atom. The van der Waals surface area contributed by atoms with Gasteiger partial charge in [0, 0.05) is 31.4 Å². The van der Waals surface area contributed by atoms with Crippen molar-refractivity contribution in [3.8, 4) is 5.75 Å². The number of anilines is 1. The van der Waals surface area contributed by atoms with Crippen LogP contribution in [0, 0.1) is 0 Å². The molecule has 3 heteroatoms. The van der Waals surface area contributed by atoms with Gasteiger partial charge < -0.3 is 9.74 Å². The van der Waals surface area contributed by atoms with Crippen molar-refractivity contribution < 1.29 is 4.84 Å². The molecule has 0 saturated carbocycles. The first kappa shape index (κ1) is 11.9. The van der Waals surface area contributed by atoms with Crippen LogP contribution in [0.25, 0.3) is 0 Å². The normalized spacial score (nSPS) is 10.1. The monoisotopic (exact) mass is 208 g/mol. The van der Waals surface area contributed by atoms with Gasteiger partial charge in [-0.3, -0.25) is 0 Å². The molecule has 0 aromatic heterocycles. The minimum absolute atomic E-state index is 0.801. The molecule has 0 aliphatic heterocycles. The summed E-state index contributed by atoms with van der Waals surface area (Å²) in [6, 6.07) is 8.12. The van der Waals surface area contributed by atoms with E-state index in [9.17, 15) is 0 Å². The van der Waals surface area contributed by atoms with E-state index < -0.39 is 0 Å². The molecule has 1 aromatic carbocycles. The molecule has 0 bridgehead atoms. The molecule has 1 rings (SSSR count). The van der Waals surface area contributed by atoms with Gasteiger partial charge in [-0.2, -0.15) is 5.48 Å². The zero-order chi connectivity index (χ0) is 11.1. The van der Waals surface area contributed by atoms with E-state index in [0.717, 1.165) is 25.4 Å². The maximum Gasteiger partial charge on any atom is 0.149 e. The zero-order valence-electron chi connectivity index (χ0n) is 9.79. The van der Waals surface area contributed by atoms with Gasteiger partial charge in [0.1, 0.15) is 5.75 Å². The smallest absolute Gasteiger partial charge is 0.149 e. The van der Waals surface area contributed by atoms with Crippen LogP contribution in [0.3, 0.4) is 0 Å². The van der Waals surface area contributed by atoms with Crippen LogP contribution in [0.5, 0.6) is 5.75 Å². The topological polar surface area (TPSA) is 24.5 Å². The quantitative estimate of drug-likeness (QED) is 0.727. The highest BCUT2D eigenvalue weighted by molar-refractivity contribution is 5.50. The summed E-state index contributed by atoms with van der Waals surface area (Å²) >= 11 is 0. The summed E-state index contributed by atoms with van der Waals surface area (Å²) < 4.78 is 0. The standard InChI is InChI=1S/C12H20N2O/c1-4-13-15-12-9-7-8-11(10-12)14(5-2)6-3/h7-10,13H,4-6H2,1-3H3. The second kappa shape index (κ2) is 6.30. The molecule has 0 fully saturated rings. The lowest BCUT2D eigenvalue weighted by atomic mass is 10.2. The van der Waals surface area contributed by atoms with Gasteiger partial charge in [0.25, 0.3) is 0 Å². The third-order valence-electron chi connectivity index (χ3n) is 2.28. The van der Waals surface area contributed by atoms with E-state index in [0.29, 0.717) is 0 Å². The second-order valence-corrected chi connectivity index (χ2v) is 3.27. The molecule has 15 heavy (non-hydrogen) atoms. The minimum Gasteiger partial charge on any atom is -0.409 e. The lowest BCUT2D eigenvalue weighted by Gasteiger charge is -2.21. The maximum absolute atomic E-state index is 5.36. The van der Waals surface area contributed by atoms with Gasteiger partial charge >= 0.3 is 0 Å². The van der Waals surface area contributed by atoms with Crippen molar-refractivity contribution in [2.45, 2.75) is 20.8 Å². The summed E-state index contributed by atoms with van der Waals surface area (Å²) in [6.07, 6.45) is 0. The fourth-order valence-corrected chi connectivity index (χ4v) is 1.49. The third kappa shape index (κ3) is 3.44. The van der Waals surface area contributed by atoms with Crippen LogP contribution in [0.15, 0.2) is 24.3 Å². The Bertz CT molecular complexity index is 285. The molecular weight excluding hydrogens is 188 g/mol. The van der Waals surface area contributed by atoms with Crippen molar-refractivity contribution in [1.29, 1.82) is 0 Å². The number of nitrogens with one attached hydrogen (secondary N) is 1. The van der Waals surface area contributed by atoms with Crippen LogP contribution in [0.1, 0.15) is 20.8 Å². The Morgan fingerprint density at radius 3 is 2.53 bits per heavy atom. The van der Waals surface area contributed by atoms with Crippen molar-refractivity contribution in [2.75, 3.05) is 24.5 Å². The number of hydrogen-bond donors (Lipinski definition) is 1. The molecule has 0 heterocycles. The Balaban J connectivity index is 2.72. The first-order valence-electron chi connectivity index (χ1n) is 5.56. The molecule has 0 aliphatic rings. The first-order valence-corrected chi connectivity index (χ1v) is 5.56. The highest BCUT2D eigenvalue weighted by atomic mass is 16.6. The van der Waals surface area contributed by atoms with Crippen molar-refractivity contribution in [1.82, 2.24) is 5.48 Å². The van der Waals surface area contributed by atoms with Gasteiger partial charge in [-0.1, -0.05) is 6.07 Å². The van der Waals surface area contributed by atoms with Crippen LogP contribution in [0.2, 0.25) is 0 Å². The number of nitrogens with zero attached hydrogens (tertiary/aromatic N) is 1. The van der Waals surface area contributed by atoms with Crippen LogP contribution in [-0.2, 0) is 0 Å². The highest BCUT2D eigenvalue weighted by Crippen LogP contribution is 2.20. The molecule has 0 saturated heterocycles. The summed E-state index contributed by atoms with van der Waals surface area (Å²) in [5.41, 5.74) is 4.05. The molecule has 84 valence electrons. The molecule has 0 atom stereocenters. The van der Waals surface area contributed by atoms with Crippen molar-refractivity contribution in [3.05, 3.63) is 24.3 Å². The van der Waals surface area contributed by atoms with Gasteiger partial charge in [0.2, 0.25) is 0 Å². The largest absolute Gasteiger partial charge is 0.409 e. The van der Waals surface area contributed by atoms with E-state index in [4.69, 9.17) is 4.84 Å². The third-order valence-corrected chi connectivity index (χ3v) is 2.28. The van der Waals surface area contributed by atoms with Crippen LogP contribution >= 0.6 is 0 Å². The number of hydrogen-bond acceptors (Lipinski definition) is 3. The van der Waals surface area contributed by atoms with Gasteiger partial charge in [-0.25, -0.2) is 0 Å². The molecule has 1 aromatic rings. The SMILES string of the molecule is CCNOc1cccc(N(CC)CC)c1. The van der Waals surface area contributed by atoms with Crippen LogP contribution in [0.4, 0.5) is 5.69 Å². The van der Waals surface area contributed by atoms with Crippen LogP contribution in [-0.4, -0.2) is 19.6 Å². The summed E-state index contributed by atoms with van der Waals surface area (Å²) in [4.78, 5) is 7.65. The lowest BCUT2D eigenvalue weighted by molar-refractivity contribution is 0.202. The molecule has 3 nitrogen and oxygen atoms in total. The van der Waals surface area contributed by atoms with Crippen LogP contribution < -0.4 is 15.2 Å². The molecule has 0 spiro atoms. The average molecular weight is 208 g/mol. The molecular formula is C12H20N2O. The molecule has 0 unspecified atom stereocenters. The fourth-order valence-electron chi connectivity index (χ4n) is 1.49. The number of hydroxylamine groups is 1. The second-order valence-electron chi connectivity index (χ2n) is 3.27. The first-order chi connectivity index (χ1) is 7.31. The van der Waals surface area contributed by atoms with Crippen molar-refractivity contribution in [2.24, 2.45) is 0 Å². The molecule has 0 amide bonds. The van der Waals surface area contributed by atoms with E-state index >= 15 is 0 Å². The van der Waals surface area contributed by atoms with E-state index in [2.05, 4.69) is 36.4 Å². The maximum atomic E-state index is 5.36.